The first-order valence-electron chi connectivity index (χ1n) is 13.1. The second-order valence-corrected chi connectivity index (χ2v) is 9.22. The molecule has 0 bridgehead atoms. The number of aryl methyl sites for hydroxylation is 2. The molecular formula is C32H34O9. The molecule has 3 aromatic carbocycles. The van der Waals surface area contributed by atoms with Gasteiger partial charge in [-0.1, -0.05) is 24.3 Å². The highest BCUT2D eigenvalue weighted by Gasteiger charge is 2.13. The third-order valence-electron chi connectivity index (χ3n) is 5.77. The van der Waals surface area contributed by atoms with Gasteiger partial charge in [0.2, 0.25) is 0 Å². The molecule has 216 valence electrons. The summed E-state index contributed by atoms with van der Waals surface area (Å²) in [6.07, 6.45) is 1.57. The quantitative estimate of drug-likeness (QED) is 0.118. The Hall–Kier alpha value is -4.47. The summed E-state index contributed by atoms with van der Waals surface area (Å²) in [5, 5.41) is 9.67. The molecule has 0 heterocycles. The van der Waals surface area contributed by atoms with Crippen molar-refractivity contribution in [1.82, 2.24) is 0 Å². The van der Waals surface area contributed by atoms with Gasteiger partial charge < -0.3 is 28.8 Å². The summed E-state index contributed by atoms with van der Waals surface area (Å²) in [5.41, 5.74) is 2.63. The van der Waals surface area contributed by atoms with E-state index in [1.165, 1.54) is 12.1 Å². The summed E-state index contributed by atoms with van der Waals surface area (Å²) in [4.78, 5) is 36.0. The maximum atomic E-state index is 12.5. The van der Waals surface area contributed by atoms with Gasteiger partial charge in [-0.15, -0.1) is 0 Å². The molecule has 0 aliphatic carbocycles. The summed E-state index contributed by atoms with van der Waals surface area (Å²) in [5.74, 6) is -0.234. The maximum absolute atomic E-state index is 12.5. The molecule has 41 heavy (non-hydrogen) atoms. The highest BCUT2D eigenvalue weighted by molar-refractivity contribution is 5.92. The van der Waals surface area contributed by atoms with Crippen molar-refractivity contribution in [2.75, 3.05) is 26.4 Å². The summed E-state index contributed by atoms with van der Waals surface area (Å²) >= 11 is 0. The summed E-state index contributed by atoms with van der Waals surface area (Å²) in [7, 11) is 0. The van der Waals surface area contributed by atoms with E-state index >= 15 is 0 Å². The van der Waals surface area contributed by atoms with Gasteiger partial charge in [0.05, 0.1) is 24.3 Å². The zero-order valence-electron chi connectivity index (χ0n) is 23.2. The molecule has 3 rings (SSSR count). The molecule has 1 atom stereocenters. The average molecular weight is 563 g/mol. The third-order valence-corrected chi connectivity index (χ3v) is 5.77. The molecule has 0 fully saturated rings. The molecule has 0 aliphatic rings. The molecule has 0 radical (unpaired) electrons. The number of aliphatic hydroxyl groups is 1. The standard InChI is InChI=1S/C32H34O9/c1-4-30(34)39-21-26(33)20-37-17-5-6-18-38-27-12-8-24(9-13-27)31(35)40-28-14-10-25(11-15-28)32(36)41-29-16-7-22(2)19-23(29)3/h4,7-16,19,26,33H,1,5-6,17-18,20-21H2,2-3H3. The van der Waals surface area contributed by atoms with Gasteiger partial charge >= 0.3 is 17.9 Å². The topological polar surface area (TPSA) is 118 Å². The largest absolute Gasteiger partial charge is 0.494 e. The van der Waals surface area contributed by atoms with Gasteiger partial charge in [-0.3, -0.25) is 0 Å². The van der Waals surface area contributed by atoms with E-state index in [1.807, 2.05) is 26.0 Å². The fraction of sp³-hybridized carbons (Fsp3) is 0.281. The molecule has 0 saturated carbocycles. The lowest BCUT2D eigenvalue weighted by Crippen LogP contribution is -2.23. The first kappa shape index (κ1) is 31.1. The van der Waals surface area contributed by atoms with Crippen LogP contribution in [0.4, 0.5) is 0 Å². The van der Waals surface area contributed by atoms with Crippen molar-refractivity contribution in [1.29, 1.82) is 0 Å². The van der Waals surface area contributed by atoms with Crippen molar-refractivity contribution in [2.24, 2.45) is 0 Å². The second-order valence-electron chi connectivity index (χ2n) is 9.22. The number of unbranched alkanes of at least 4 members (excludes halogenated alkanes) is 1. The molecule has 3 aromatic rings. The highest BCUT2D eigenvalue weighted by atomic mass is 16.6. The smallest absolute Gasteiger partial charge is 0.343 e. The van der Waals surface area contributed by atoms with Crippen molar-refractivity contribution >= 4 is 17.9 Å². The van der Waals surface area contributed by atoms with Gasteiger partial charge in [0, 0.05) is 12.7 Å². The molecule has 1 N–H and O–H groups in total. The van der Waals surface area contributed by atoms with Crippen molar-refractivity contribution in [3.8, 4) is 17.2 Å². The van der Waals surface area contributed by atoms with Crippen LogP contribution >= 0.6 is 0 Å². The van der Waals surface area contributed by atoms with Crippen LogP contribution in [0.25, 0.3) is 0 Å². The molecule has 1 unspecified atom stereocenters. The predicted octanol–water partition coefficient (Wildman–Crippen LogP) is 5.01. The van der Waals surface area contributed by atoms with Crippen LogP contribution in [0.15, 0.2) is 79.4 Å². The predicted molar refractivity (Wildman–Crippen MR) is 151 cm³/mol. The van der Waals surface area contributed by atoms with E-state index in [9.17, 15) is 19.5 Å². The number of esters is 3. The molecule has 0 aromatic heterocycles. The van der Waals surface area contributed by atoms with Gasteiger partial charge in [0.25, 0.3) is 0 Å². The zero-order chi connectivity index (χ0) is 29.6. The Morgan fingerprint density at radius 2 is 1.41 bits per heavy atom. The van der Waals surface area contributed by atoms with Crippen LogP contribution in [0.2, 0.25) is 0 Å². The van der Waals surface area contributed by atoms with Crippen LogP contribution in [-0.2, 0) is 14.3 Å². The monoisotopic (exact) mass is 562 g/mol. The second kappa shape index (κ2) is 16.0. The van der Waals surface area contributed by atoms with Crippen molar-refractivity contribution < 1.29 is 43.2 Å². The molecule has 0 spiro atoms. The Balaban J connectivity index is 1.35. The number of hydrogen-bond acceptors (Lipinski definition) is 9. The van der Waals surface area contributed by atoms with Crippen LogP contribution in [0.3, 0.4) is 0 Å². The number of aliphatic hydroxyl groups excluding tert-OH is 1. The van der Waals surface area contributed by atoms with E-state index < -0.39 is 24.0 Å². The average Bonchev–Trinajstić information content (AvgIpc) is 2.97. The van der Waals surface area contributed by atoms with E-state index in [0.717, 1.165) is 23.6 Å². The van der Waals surface area contributed by atoms with Crippen LogP contribution in [0, 0.1) is 13.8 Å². The fourth-order valence-corrected chi connectivity index (χ4v) is 3.59. The number of carbonyl (C=O) groups excluding carboxylic acids is 3. The Labute approximate surface area is 239 Å². The van der Waals surface area contributed by atoms with Crippen molar-refractivity contribution in [2.45, 2.75) is 32.8 Å². The van der Waals surface area contributed by atoms with Crippen LogP contribution < -0.4 is 14.2 Å². The number of ether oxygens (including phenoxy) is 5. The Bertz CT molecular complexity index is 1310. The van der Waals surface area contributed by atoms with Gasteiger partial charge in [-0.2, -0.15) is 0 Å². The van der Waals surface area contributed by atoms with E-state index in [1.54, 1.807) is 42.5 Å². The minimum atomic E-state index is -0.891. The van der Waals surface area contributed by atoms with Gasteiger partial charge in [0.15, 0.2) is 0 Å². The van der Waals surface area contributed by atoms with Crippen molar-refractivity contribution in [3.05, 3.63) is 102 Å². The lowest BCUT2D eigenvalue weighted by atomic mass is 10.1. The third kappa shape index (κ3) is 10.6. The highest BCUT2D eigenvalue weighted by Crippen LogP contribution is 2.21. The SMILES string of the molecule is C=CC(=O)OCC(O)COCCCCOc1ccc(C(=O)Oc2ccc(C(=O)Oc3ccc(C)cc3C)cc2)cc1. The first-order chi connectivity index (χ1) is 19.7. The Kier molecular flexibility index (Phi) is 12.1. The summed E-state index contributed by atoms with van der Waals surface area (Å²) in [6, 6.07) is 18.3. The minimum Gasteiger partial charge on any atom is -0.494 e. The van der Waals surface area contributed by atoms with E-state index in [4.69, 9.17) is 23.7 Å². The summed E-state index contributed by atoms with van der Waals surface area (Å²) < 4.78 is 26.7. The van der Waals surface area contributed by atoms with Gasteiger partial charge in [-0.05, 0) is 86.8 Å². The normalized spacial score (nSPS) is 11.3. The Morgan fingerprint density at radius 3 is 2.05 bits per heavy atom. The van der Waals surface area contributed by atoms with Crippen molar-refractivity contribution in [3.63, 3.8) is 0 Å². The van der Waals surface area contributed by atoms with Gasteiger partial charge in [-0.25, -0.2) is 14.4 Å². The van der Waals surface area contributed by atoms with E-state index in [-0.39, 0.29) is 13.2 Å². The van der Waals surface area contributed by atoms with Crippen LogP contribution in [-0.4, -0.2) is 55.5 Å². The molecule has 0 aliphatic heterocycles. The minimum absolute atomic E-state index is 0.0628. The Morgan fingerprint density at radius 1 is 0.805 bits per heavy atom. The number of hydrogen-bond donors (Lipinski definition) is 1. The fourth-order valence-electron chi connectivity index (χ4n) is 3.59. The number of carbonyl (C=O) groups is 3. The molecule has 9 nitrogen and oxygen atoms in total. The summed E-state index contributed by atoms with van der Waals surface area (Å²) in [6.45, 7) is 7.91. The lowest BCUT2D eigenvalue weighted by molar-refractivity contribution is -0.141. The maximum Gasteiger partial charge on any atom is 0.343 e. The molecule has 9 heteroatoms. The van der Waals surface area contributed by atoms with Gasteiger partial charge in [0.1, 0.15) is 30.0 Å². The van der Waals surface area contributed by atoms with E-state index in [2.05, 4.69) is 6.58 Å². The number of rotatable bonds is 15. The first-order valence-corrected chi connectivity index (χ1v) is 13.1. The number of benzene rings is 3. The van der Waals surface area contributed by atoms with Crippen LogP contribution in [0.1, 0.15) is 44.7 Å². The molecule has 0 saturated heterocycles. The van der Waals surface area contributed by atoms with Crippen LogP contribution in [0.5, 0.6) is 17.2 Å². The lowest BCUT2D eigenvalue weighted by Gasteiger charge is -2.11. The molecular weight excluding hydrogens is 528 g/mol. The zero-order valence-corrected chi connectivity index (χ0v) is 23.2. The van der Waals surface area contributed by atoms with E-state index in [0.29, 0.717) is 48.0 Å². The molecule has 0 amide bonds.